The highest BCUT2D eigenvalue weighted by molar-refractivity contribution is 9.10. The van der Waals surface area contributed by atoms with Crippen molar-refractivity contribution in [1.82, 2.24) is 9.88 Å². The van der Waals surface area contributed by atoms with Gasteiger partial charge in [0.15, 0.2) is 0 Å². The van der Waals surface area contributed by atoms with Crippen molar-refractivity contribution in [3.05, 3.63) is 28.5 Å². The summed E-state index contributed by atoms with van der Waals surface area (Å²) in [5, 5.41) is 0. The van der Waals surface area contributed by atoms with E-state index in [1.165, 1.54) is 0 Å². The molecule has 0 N–H and O–H groups in total. The fraction of sp³-hybridized carbons (Fsp3) is 0.500. The van der Waals surface area contributed by atoms with Crippen LogP contribution in [0.4, 0.5) is 0 Å². The van der Waals surface area contributed by atoms with Crippen LogP contribution >= 0.6 is 15.9 Å². The van der Waals surface area contributed by atoms with Crippen LogP contribution in [0.5, 0.6) is 0 Å². The molecule has 2 heterocycles. The number of pyridine rings is 1. The number of halogens is 1. The first-order valence-corrected chi connectivity index (χ1v) is 6.19. The van der Waals surface area contributed by atoms with Gasteiger partial charge in [0.25, 0.3) is 5.91 Å². The molecule has 4 heteroatoms. The number of carbonyl (C=O) groups is 1. The fourth-order valence-corrected chi connectivity index (χ4v) is 2.32. The van der Waals surface area contributed by atoms with E-state index < -0.39 is 0 Å². The van der Waals surface area contributed by atoms with Crippen LogP contribution in [0.2, 0.25) is 0 Å². The predicted molar refractivity (Wildman–Crippen MR) is 66.2 cm³/mol. The first-order valence-electron chi connectivity index (χ1n) is 5.40. The van der Waals surface area contributed by atoms with Crippen molar-refractivity contribution in [2.75, 3.05) is 13.1 Å². The molecule has 2 rings (SSSR count). The minimum atomic E-state index is 0.0341. The Morgan fingerprint density at radius 3 is 2.81 bits per heavy atom. The SMILES string of the molecule is CC1(C)CCN(C(=O)c2cccc(Br)n2)C1. The zero-order valence-electron chi connectivity index (χ0n) is 9.53. The summed E-state index contributed by atoms with van der Waals surface area (Å²) in [6, 6.07) is 5.43. The maximum atomic E-state index is 12.1. The molecule has 1 aliphatic heterocycles. The van der Waals surface area contributed by atoms with Gasteiger partial charge in [-0.15, -0.1) is 0 Å². The molecule has 16 heavy (non-hydrogen) atoms. The summed E-state index contributed by atoms with van der Waals surface area (Å²) in [4.78, 5) is 18.2. The van der Waals surface area contributed by atoms with Crippen LogP contribution in [0.3, 0.4) is 0 Å². The fourth-order valence-electron chi connectivity index (χ4n) is 1.98. The second kappa shape index (κ2) is 4.17. The first-order chi connectivity index (χ1) is 7.48. The molecule has 0 atom stereocenters. The highest BCUT2D eigenvalue weighted by atomic mass is 79.9. The highest BCUT2D eigenvalue weighted by Gasteiger charge is 2.32. The zero-order chi connectivity index (χ0) is 11.8. The van der Waals surface area contributed by atoms with Gasteiger partial charge in [0.2, 0.25) is 0 Å². The number of hydrogen-bond acceptors (Lipinski definition) is 2. The Balaban J connectivity index is 2.15. The van der Waals surface area contributed by atoms with E-state index in [0.29, 0.717) is 10.3 Å². The third-order valence-corrected chi connectivity index (χ3v) is 3.34. The summed E-state index contributed by atoms with van der Waals surface area (Å²) in [6.07, 6.45) is 1.06. The quantitative estimate of drug-likeness (QED) is 0.742. The zero-order valence-corrected chi connectivity index (χ0v) is 11.1. The topological polar surface area (TPSA) is 33.2 Å². The Hall–Kier alpha value is -0.900. The van der Waals surface area contributed by atoms with Crippen LogP contribution in [-0.4, -0.2) is 28.9 Å². The van der Waals surface area contributed by atoms with Crippen molar-refractivity contribution in [1.29, 1.82) is 0 Å². The molecule has 1 fully saturated rings. The van der Waals surface area contributed by atoms with Crippen LogP contribution in [0, 0.1) is 5.41 Å². The van der Waals surface area contributed by atoms with E-state index in [1.54, 1.807) is 6.07 Å². The molecule has 1 aliphatic rings. The van der Waals surface area contributed by atoms with Crippen molar-refractivity contribution in [3.63, 3.8) is 0 Å². The molecule has 0 unspecified atom stereocenters. The average Bonchev–Trinajstić information content (AvgIpc) is 2.58. The smallest absolute Gasteiger partial charge is 0.272 e. The minimum absolute atomic E-state index is 0.0341. The van der Waals surface area contributed by atoms with Gasteiger partial charge in [-0.2, -0.15) is 0 Å². The van der Waals surface area contributed by atoms with E-state index in [0.717, 1.165) is 19.5 Å². The van der Waals surface area contributed by atoms with Crippen molar-refractivity contribution in [2.45, 2.75) is 20.3 Å². The molecule has 3 nitrogen and oxygen atoms in total. The van der Waals surface area contributed by atoms with Gasteiger partial charge >= 0.3 is 0 Å². The van der Waals surface area contributed by atoms with Crippen LogP contribution in [0.15, 0.2) is 22.8 Å². The normalized spacial score (nSPS) is 18.8. The van der Waals surface area contributed by atoms with Crippen molar-refractivity contribution >= 4 is 21.8 Å². The summed E-state index contributed by atoms with van der Waals surface area (Å²) in [5.41, 5.74) is 0.758. The molecule has 1 aromatic rings. The van der Waals surface area contributed by atoms with Gasteiger partial charge in [0.05, 0.1) is 0 Å². The lowest BCUT2D eigenvalue weighted by molar-refractivity contribution is 0.0772. The lowest BCUT2D eigenvalue weighted by Crippen LogP contribution is -2.30. The van der Waals surface area contributed by atoms with E-state index in [-0.39, 0.29) is 11.3 Å². The number of aromatic nitrogens is 1. The Labute approximate surface area is 104 Å². The van der Waals surface area contributed by atoms with Crippen LogP contribution < -0.4 is 0 Å². The monoisotopic (exact) mass is 282 g/mol. The van der Waals surface area contributed by atoms with E-state index in [4.69, 9.17) is 0 Å². The molecule has 0 bridgehead atoms. The molecule has 1 amide bonds. The predicted octanol–water partition coefficient (Wildman–Crippen LogP) is 2.72. The molecule has 0 aliphatic carbocycles. The Bertz CT molecular complexity index is 417. The second-order valence-corrected chi connectivity index (χ2v) is 5.80. The lowest BCUT2D eigenvalue weighted by atomic mass is 9.93. The number of hydrogen-bond donors (Lipinski definition) is 0. The Morgan fingerprint density at radius 2 is 2.25 bits per heavy atom. The highest BCUT2D eigenvalue weighted by Crippen LogP contribution is 2.29. The summed E-state index contributed by atoms with van der Waals surface area (Å²) in [5.74, 6) is 0.0341. The standard InChI is InChI=1S/C12H15BrN2O/c1-12(2)6-7-15(8-12)11(16)9-4-3-5-10(13)14-9/h3-5H,6-8H2,1-2H3. The molecular formula is C12H15BrN2O. The van der Waals surface area contributed by atoms with Gasteiger partial charge in [0, 0.05) is 13.1 Å². The Kier molecular flexibility index (Phi) is 3.02. The summed E-state index contributed by atoms with van der Waals surface area (Å²) in [6.45, 7) is 6.03. The van der Waals surface area contributed by atoms with Gasteiger partial charge in [-0.3, -0.25) is 4.79 Å². The minimum Gasteiger partial charge on any atom is -0.337 e. The molecule has 0 spiro atoms. The molecule has 0 radical (unpaired) electrons. The molecule has 86 valence electrons. The van der Waals surface area contributed by atoms with Gasteiger partial charge < -0.3 is 4.90 Å². The van der Waals surface area contributed by atoms with E-state index in [2.05, 4.69) is 34.8 Å². The van der Waals surface area contributed by atoms with E-state index >= 15 is 0 Å². The number of likely N-dealkylation sites (tertiary alicyclic amines) is 1. The summed E-state index contributed by atoms with van der Waals surface area (Å²) in [7, 11) is 0. The van der Waals surface area contributed by atoms with Crippen LogP contribution in [0.1, 0.15) is 30.8 Å². The Morgan fingerprint density at radius 1 is 1.50 bits per heavy atom. The largest absolute Gasteiger partial charge is 0.337 e. The summed E-state index contributed by atoms with van der Waals surface area (Å²) >= 11 is 3.28. The average molecular weight is 283 g/mol. The van der Waals surface area contributed by atoms with Crippen LogP contribution in [-0.2, 0) is 0 Å². The lowest BCUT2D eigenvalue weighted by Gasteiger charge is -2.19. The van der Waals surface area contributed by atoms with E-state index in [1.807, 2.05) is 17.0 Å². The van der Waals surface area contributed by atoms with Gasteiger partial charge in [-0.05, 0) is 39.9 Å². The maximum Gasteiger partial charge on any atom is 0.272 e. The molecule has 0 aromatic carbocycles. The molecule has 0 saturated carbocycles. The first kappa shape index (κ1) is 11.6. The summed E-state index contributed by atoms with van der Waals surface area (Å²) < 4.78 is 0.705. The van der Waals surface area contributed by atoms with Gasteiger partial charge in [-0.1, -0.05) is 19.9 Å². The maximum absolute atomic E-state index is 12.1. The number of carbonyl (C=O) groups excluding carboxylic acids is 1. The van der Waals surface area contributed by atoms with Crippen LogP contribution in [0.25, 0.3) is 0 Å². The molecular weight excluding hydrogens is 268 g/mol. The molecule has 1 aromatic heterocycles. The van der Waals surface area contributed by atoms with Crippen molar-refractivity contribution in [3.8, 4) is 0 Å². The third kappa shape index (κ3) is 2.43. The van der Waals surface area contributed by atoms with E-state index in [9.17, 15) is 4.79 Å². The van der Waals surface area contributed by atoms with Crippen molar-refractivity contribution < 1.29 is 4.79 Å². The molecule has 1 saturated heterocycles. The number of amides is 1. The number of rotatable bonds is 1. The van der Waals surface area contributed by atoms with Gasteiger partial charge in [0.1, 0.15) is 10.3 Å². The third-order valence-electron chi connectivity index (χ3n) is 2.90. The van der Waals surface area contributed by atoms with Crippen molar-refractivity contribution in [2.24, 2.45) is 5.41 Å². The second-order valence-electron chi connectivity index (χ2n) is 4.99. The van der Waals surface area contributed by atoms with Gasteiger partial charge in [-0.25, -0.2) is 4.98 Å². The number of nitrogens with zero attached hydrogens (tertiary/aromatic N) is 2.